The van der Waals surface area contributed by atoms with Gasteiger partial charge in [0, 0.05) is 19.0 Å². The summed E-state index contributed by atoms with van der Waals surface area (Å²) >= 11 is 0. The molecule has 2 heterocycles. The molecule has 1 aliphatic heterocycles. The van der Waals surface area contributed by atoms with Crippen LogP contribution in [-0.4, -0.2) is 35.5 Å². The number of hydrogen-bond donors (Lipinski definition) is 1. The van der Waals surface area contributed by atoms with E-state index in [1.165, 1.54) is 24.4 Å². The summed E-state index contributed by atoms with van der Waals surface area (Å²) in [5.74, 6) is -0.900. The monoisotopic (exact) mass is 237 g/mol. The Kier molecular flexibility index (Phi) is 2.90. The third kappa shape index (κ3) is 2.17. The maximum Gasteiger partial charge on any atom is 0.311 e. The summed E-state index contributed by atoms with van der Waals surface area (Å²) in [7, 11) is 1.28. The molecule has 0 saturated carbocycles. The second-order valence-electron chi connectivity index (χ2n) is 3.70. The first-order valence-corrected chi connectivity index (χ1v) is 5.04. The van der Waals surface area contributed by atoms with Gasteiger partial charge in [0.25, 0.3) is 5.56 Å². The molecule has 1 amide bonds. The van der Waals surface area contributed by atoms with Gasteiger partial charge in [0.2, 0.25) is 5.91 Å². The van der Waals surface area contributed by atoms with Crippen LogP contribution in [0, 0.1) is 5.92 Å². The number of nitrogens with zero attached hydrogens (tertiary/aromatic N) is 2. The van der Waals surface area contributed by atoms with Gasteiger partial charge in [-0.3, -0.25) is 19.3 Å². The number of nitrogens with one attached hydrogen (secondary N) is 1. The Labute approximate surface area is 96.4 Å². The van der Waals surface area contributed by atoms with Crippen molar-refractivity contribution in [2.45, 2.75) is 6.42 Å². The molecule has 1 aliphatic rings. The van der Waals surface area contributed by atoms with Crippen LogP contribution in [0.1, 0.15) is 6.42 Å². The van der Waals surface area contributed by atoms with Gasteiger partial charge in [-0.15, -0.1) is 0 Å². The zero-order chi connectivity index (χ0) is 12.4. The van der Waals surface area contributed by atoms with Crippen LogP contribution in [0.2, 0.25) is 0 Å². The zero-order valence-electron chi connectivity index (χ0n) is 9.17. The lowest BCUT2D eigenvalue weighted by molar-refractivity contribution is -0.145. The Morgan fingerprint density at radius 2 is 2.35 bits per heavy atom. The van der Waals surface area contributed by atoms with Crippen molar-refractivity contribution in [1.82, 2.24) is 9.97 Å². The van der Waals surface area contributed by atoms with E-state index in [-0.39, 0.29) is 30.2 Å². The van der Waals surface area contributed by atoms with Crippen molar-refractivity contribution < 1.29 is 14.3 Å². The van der Waals surface area contributed by atoms with E-state index in [2.05, 4.69) is 14.7 Å². The van der Waals surface area contributed by atoms with Gasteiger partial charge >= 0.3 is 5.97 Å². The van der Waals surface area contributed by atoms with Gasteiger partial charge in [-0.05, 0) is 0 Å². The van der Waals surface area contributed by atoms with Crippen LogP contribution in [0.4, 0.5) is 5.82 Å². The van der Waals surface area contributed by atoms with E-state index in [1.807, 2.05) is 0 Å². The average Bonchev–Trinajstić information content (AvgIpc) is 2.70. The van der Waals surface area contributed by atoms with Crippen LogP contribution in [0.15, 0.2) is 17.2 Å². The summed E-state index contributed by atoms with van der Waals surface area (Å²) in [5, 5.41) is 0. The van der Waals surface area contributed by atoms with E-state index in [9.17, 15) is 14.4 Å². The smallest absolute Gasteiger partial charge is 0.311 e. The molecule has 7 heteroatoms. The molecular weight excluding hydrogens is 226 g/mol. The molecule has 1 N–H and O–H groups in total. The van der Waals surface area contributed by atoms with Crippen molar-refractivity contribution >= 4 is 17.7 Å². The maximum atomic E-state index is 11.7. The predicted octanol–water partition coefficient (Wildman–Crippen LogP) is -0.704. The Balaban J connectivity index is 2.21. The molecule has 1 aromatic heterocycles. The summed E-state index contributed by atoms with van der Waals surface area (Å²) in [6, 6.07) is 1.22. The molecule has 1 unspecified atom stereocenters. The third-order valence-corrected chi connectivity index (χ3v) is 2.60. The van der Waals surface area contributed by atoms with Gasteiger partial charge in [-0.2, -0.15) is 0 Å². The molecule has 7 nitrogen and oxygen atoms in total. The Morgan fingerprint density at radius 3 is 3.00 bits per heavy atom. The third-order valence-electron chi connectivity index (χ3n) is 2.60. The number of rotatable bonds is 2. The van der Waals surface area contributed by atoms with Gasteiger partial charge in [-0.1, -0.05) is 0 Å². The quantitative estimate of drug-likeness (QED) is 0.686. The minimum Gasteiger partial charge on any atom is -0.469 e. The number of aromatic amines is 1. The molecule has 0 aliphatic carbocycles. The highest BCUT2D eigenvalue weighted by atomic mass is 16.5. The zero-order valence-corrected chi connectivity index (χ0v) is 9.17. The van der Waals surface area contributed by atoms with Gasteiger partial charge in [0.1, 0.15) is 5.82 Å². The van der Waals surface area contributed by atoms with Crippen LogP contribution in [-0.2, 0) is 14.3 Å². The number of amides is 1. The summed E-state index contributed by atoms with van der Waals surface area (Å²) < 4.78 is 4.58. The lowest BCUT2D eigenvalue weighted by Crippen LogP contribution is -2.28. The Bertz CT molecular complexity index is 510. The number of methoxy groups -OCH3 is 1. The molecule has 0 bridgehead atoms. The summed E-state index contributed by atoms with van der Waals surface area (Å²) in [6.45, 7) is 0.196. The van der Waals surface area contributed by atoms with Crippen LogP contribution >= 0.6 is 0 Å². The van der Waals surface area contributed by atoms with Gasteiger partial charge in [0.15, 0.2) is 0 Å². The van der Waals surface area contributed by atoms with Crippen molar-refractivity contribution in [3.8, 4) is 0 Å². The minimum absolute atomic E-state index is 0.0845. The number of esters is 1. The van der Waals surface area contributed by atoms with Gasteiger partial charge in [-0.25, -0.2) is 4.98 Å². The minimum atomic E-state index is -0.492. The van der Waals surface area contributed by atoms with Crippen molar-refractivity contribution in [1.29, 1.82) is 0 Å². The van der Waals surface area contributed by atoms with Gasteiger partial charge in [0.05, 0.1) is 19.4 Å². The summed E-state index contributed by atoms with van der Waals surface area (Å²) in [4.78, 5) is 41.7. The first-order valence-electron chi connectivity index (χ1n) is 5.04. The first-order chi connectivity index (χ1) is 8.11. The van der Waals surface area contributed by atoms with E-state index in [0.717, 1.165) is 0 Å². The lowest BCUT2D eigenvalue weighted by atomic mass is 10.1. The highest BCUT2D eigenvalue weighted by Crippen LogP contribution is 2.22. The lowest BCUT2D eigenvalue weighted by Gasteiger charge is -2.14. The standard InChI is InChI=1S/C10H11N3O4/c1-17-10(16)6-2-9(15)13(4-6)7-3-8(14)12-5-11-7/h3,5-6H,2,4H2,1H3,(H,11,12,14). The number of ether oxygens (including phenoxy) is 1. The SMILES string of the molecule is COC(=O)C1CC(=O)N(c2cc(=O)[nH]cn2)C1. The average molecular weight is 237 g/mol. The second kappa shape index (κ2) is 4.36. The predicted molar refractivity (Wildman–Crippen MR) is 57.3 cm³/mol. The van der Waals surface area contributed by atoms with Crippen molar-refractivity contribution in [3.63, 3.8) is 0 Å². The largest absolute Gasteiger partial charge is 0.469 e. The first kappa shape index (κ1) is 11.3. The number of aromatic nitrogens is 2. The highest BCUT2D eigenvalue weighted by Gasteiger charge is 2.36. The van der Waals surface area contributed by atoms with E-state index in [4.69, 9.17) is 0 Å². The van der Waals surface area contributed by atoms with Crippen LogP contribution in [0.3, 0.4) is 0 Å². The van der Waals surface area contributed by atoms with Crippen molar-refractivity contribution in [2.75, 3.05) is 18.6 Å². The molecule has 0 spiro atoms. The van der Waals surface area contributed by atoms with Crippen LogP contribution in [0.5, 0.6) is 0 Å². The van der Waals surface area contributed by atoms with Crippen LogP contribution < -0.4 is 10.5 Å². The molecule has 2 rings (SSSR count). The van der Waals surface area contributed by atoms with E-state index in [1.54, 1.807) is 0 Å². The molecule has 0 radical (unpaired) electrons. The number of carbonyl (C=O) groups excluding carboxylic acids is 2. The van der Waals surface area contributed by atoms with Gasteiger partial charge < -0.3 is 9.72 Å². The fourth-order valence-corrected chi connectivity index (χ4v) is 1.76. The molecule has 17 heavy (non-hydrogen) atoms. The molecule has 1 saturated heterocycles. The Hall–Kier alpha value is -2.18. The fraction of sp³-hybridized carbons (Fsp3) is 0.400. The second-order valence-corrected chi connectivity index (χ2v) is 3.70. The summed E-state index contributed by atoms with van der Waals surface area (Å²) in [5.41, 5.74) is -0.343. The molecule has 1 atom stereocenters. The fourth-order valence-electron chi connectivity index (χ4n) is 1.76. The number of H-pyrrole nitrogens is 1. The molecule has 90 valence electrons. The van der Waals surface area contributed by atoms with Crippen molar-refractivity contribution in [3.05, 3.63) is 22.7 Å². The van der Waals surface area contributed by atoms with E-state index in [0.29, 0.717) is 0 Å². The normalized spacial score (nSPS) is 19.5. The van der Waals surface area contributed by atoms with E-state index >= 15 is 0 Å². The number of hydrogen-bond acceptors (Lipinski definition) is 5. The molecule has 1 aromatic rings. The maximum absolute atomic E-state index is 11.7. The van der Waals surface area contributed by atoms with E-state index < -0.39 is 11.9 Å². The number of carbonyl (C=O) groups is 2. The highest BCUT2D eigenvalue weighted by molar-refractivity contribution is 5.98. The number of anilines is 1. The molecular formula is C10H11N3O4. The molecule has 1 fully saturated rings. The Morgan fingerprint density at radius 1 is 1.59 bits per heavy atom. The summed E-state index contributed by atoms with van der Waals surface area (Å²) in [6.07, 6.45) is 1.30. The topological polar surface area (TPSA) is 92.4 Å². The van der Waals surface area contributed by atoms with Crippen molar-refractivity contribution in [2.24, 2.45) is 5.92 Å². The van der Waals surface area contributed by atoms with Crippen LogP contribution in [0.25, 0.3) is 0 Å². The molecule has 0 aromatic carbocycles.